The number of hydrogen-bond acceptors (Lipinski definition) is 4. The Bertz CT molecular complexity index is 675. The Hall–Kier alpha value is -0.980. The van der Waals surface area contributed by atoms with Crippen LogP contribution in [-0.4, -0.2) is 28.0 Å². The normalized spacial score (nSPS) is 21.0. The zero-order valence-corrected chi connectivity index (χ0v) is 13.8. The Morgan fingerprint density at radius 3 is 2.57 bits per heavy atom. The maximum Gasteiger partial charge on any atom is 0.265 e. The first-order valence-corrected chi connectivity index (χ1v) is 9.03. The number of hydrogen-bond donors (Lipinski definition) is 1. The zero-order chi connectivity index (χ0) is 15.8. The predicted octanol–water partition coefficient (Wildman–Crippen LogP) is 2.66. The number of benzene rings is 1. The van der Waals surface area contributed by atoms with Crippen LogP contribution in [0.4, 0.5) is 0 Å². The van der Waals surface area contributed by atoms with Crippen molar-refractivity contribution in [1.82, 2.24) is 5.32 Å². The summed E-state index contributed by atoms with van der Waals surface area (Å²) < 4.78 is 28.1. The second-order valence-corrected chi connectivity index (χ2v) is 8.08. The van der Waals surface area contributed by atoms with Crippen LogP contribution in [0.5, 0.6) is 5.75 Å². The summed E-state index contributed by atoms with van der Waals surface area (Å²) >= 11 is 5.87. The van der Waals surface area contributed by atoms with E-state index in [0.717, 1.165) is 12.5 Å². The summed E-state index contributed by atoms with van der Waals surface area (Å²) in [6.07, 6.45) is 1.08. The molecule has 1 aromatic carbocycles. The molecule has 8 heteroatoms. The van der Waals surface area contributed by atoms with Crippen LogP contribution in [0, 0.1) is 11.8 Å². The smallest absolute Gasteiger partial charge is 0.265 e. The molecule has 2 unspecified atom stereocenters. The minimum Gasteiger partial charge on any atom is -0.494 e. The number of amides is 1. The fraction of sp³-hybridized carbons (Fsp3) is 0.462. The van der Waals surface area contributed by atoms with Gasteiger partial charge in [0.25, 0.3) is 15.0 Å². The molecule has 0 radical (unpaired) electrons. The molecule has 5 nitrogen and oxygen atoms in total. The van der Waals surface area contributed by atoms with E-state index in [-0.39, 0.29) is 21.2 Å². The van der Waals surface area contributed by atoms with E-state index in [1.54, 1.807) is 0 Å². The number of nitrogens with one attached hydrogen (secondary N) is 1. The summed E-state index contributed by atoms with van der Waals surface area (Å²) in [6.45, 7) is 2.65. The summed E-state index contributed by atoms with van der Waals surface area (Å²) in [7, 11) is 2.55. The van der Waals surface area contributed by atoms with Crippen LogP contribution in [-0.2, 0) is 9.05 Å². The van der Waals surface area contributed by atoms with Crippen molar-refractivity contribution in [3.63, 3.8) is 0 Å². The van der Waals surface area contributed by atoms with Crippen molar-refractivity contribution in [3.05, 3.63) is 22.7 Å². The molecule has 0 aromatic heterocycles. The maximum atomic E-state index is 12.2. The molecule has 0 saturated heterocycles. The molecular formula is C13H15Cl2NO4S. The SMILES string of the molecule is COc1c(C(=O)NCC2CC2C)cc(Cl)cc1S(=O)(=O)Cl. The van der Waals surface area contributed by atoms with E-state index in [1.165, 1.54) is 13.2 Å². The Morgan fingerprint density at radius 1 is 1.48 bits per heavy atom. The number of methoxy groups -OCH3 is 1. The lowest BCUT2D eigenvalue weighted by Crippen LogP contribution is -2.26. The Morgan fingerprint density at radius 2 is 2.10 bits per heavy atom. The topological polar surface area (TPSA) is 72.5 Å². The quantitative estimate of drug-likeness (QED) is 0.827. The van der Waals surface area contributed by atoms with E-state index >= 15 is 0 Å². The van der Waals surface area contributed by atoms with Gasteiger partial charge in [-0.1, -0.05) is 18.5 Å². The van der Waals surface area contributed by atoms with Gasteiger partial charge in [0, 0.05) is 22.2 Å². The molecule has 2 rings (SSSR count). The highest BCUT2D eigenvalue weighted by molar-refractivity contribution is 8.13. The van der Waals surface area contributed by atoms with Gasteiger partial charge in [0.2, 0.25) is 0 Å². The minimum absolute atomic E-state index is 0.0533. The van der Waals surface area contributed by atoms with E-state index in [9.17, 15) is 13.2 Å². The second-order valence-electron chi connectivity index (χ2n) is 5.11. The first kappa shape index (κ1) is 16.4. The lowest BCUT2D eigenvalue weighted by molar-refractivity contribution is 0.0948. The highest BCUT2D eigenvalue weighted by Gasteiger charge is 2.33. The molecule has 1 aliphatic carbocycles. The first-order chi connectivity index (χ1) is 9.74. The van der Waals surface area contributed by atoms with Crippen LogP contribution in [0.25, 0.3) is 0 Å². The number of ether oxygens (including phenoxy) is 1. The molecule has 0 heterocycles. The fourth-order valence-electron chi connectivity index (χ4n) is 2.13. The van der Waals surface area contributed by atoms with Crippen molar-refractivity contribution in [1.29, 1.82) is 0 Å². The van der Waals surface area contributed by atoms with E-state index < -0.39 is 15.0 Å². The van der Waals surface area contributed by atoms with Crippen LogP contribution in [0.2, 0.25) is 5.02 Å². The van der Waals surface area contributed by atoms with Gasteiger partial charge in [0.05, 0.1) is 12.7 Å². The van der Waals surface area contributed by atoms with Gasteiger partial charge in [-0.2, -0.15) is 0 Å². The van der Waals surface area contributed by atoms with Crippen molar-refractivity contribution in [3.8, 4) is 5.75 Å². The zero-order valence-electron chi connectivity index (χ0n) is 11.5. The van der Waals surface area contributed by atoms with E-state index in [4.69, 9.17) is 27.0 Å². The van der Waals surface area contributed by atoms with Crippen molar-refractivity contribution in [2.45, 2.75) is 18.2 Å². The summed E-state index contributed by atoms with van der Waals surface area (Å²) in [5.41, 5.74) is 0.0533. The third kappa shape index (κ3) is 3.81. The lowest BCUT2D eigenvalue weighted by Gasteiger charge is -2.12. The Labute approximate surface area is 133 Å². The number of carbonyl (C=O) groups is 1. The van der Waals surface area contributed by atoms with Crippen molar-refractivity contribution < 1.29 is 17.9 Å². The van der Waals surface area contributed by atoms with Crippen molar-refractivity contribution >= 4 is 37.2 Å². The van der Waals surface area contributed by atoms with Gasteiger partial charge in [0.1, 0.15) is 4.90 Å². The fourth-order valence-corrected chi connectivity index (χ4v) is 3.44. The molecule has 1 aliphatic rings. The molecule has 0 aliphatic heterocycles. The van der Waals surface area contributed by atoms with Gasteiger partial charge in [-0.05, 0) is 30.4 Å². The van der Waals surface area contributed by atoms with Crippen LogP contribution in [0.15, 0.2) is 17.0 Å². The lowest BCUT2D eigenvalue weighted by atomic mass is 10.2. The standard InChI is InChI=1S/C13H15Cl2NO4S/c1-7-3-8(7)6-16-13(17)10-4-9(14)5-11(12(10)20-2)21(15,18)19/h4-5,7-8H,3,6H2,1-2H3,(H,16,17). The number of rotatable bonds is 5. The average Bonchev–Trinajstić information content (AvgIpc) is 3.10. The monoisotopic (exact) mass is 351 g/mol. The molecule has 1 amide bonds. The van der Waals surface area contributed by atoms with E-state index in [0.29, 0.717) is 18.4 Å². The summed E-state index contributed by atoms with van der Waals surface area (Å²) in [6, 6.07) is 2.51. The van der Waals surface area contributed by atoms with Crippen LogP contribution >= 0.6 is 22.3 Å². The highest BCUT2D eigenvalue weighted by atomic mass is 35.7. The molecule has 116 valence electrons. The van der Waals surface area contributed by atoms with Crippen molar-refractivity contribution in [2.24, 2.45) is 11.8 Å². The third-order valence-corrected chi connectivity index (χ3v) is 5.08. The van der Waals surface area contributed by atoms with Crippen molar-refractivity contribution in [2.75, 3.05) is 13.7 Å². The minimum atomic E-state index is -4.07. The third-order valence-electron chi connectivity index (χ3n) is 3.53. The molecule has 21 heavy (non-hydrogen) atoms. The number of carbonyl (C=O) groups excluding carboxylic acids is 1. The molecule has 1 saturated carbocycles. The second kappa shape index (κ2) is 6.02. The van der Waals surface area contributed by atoms with Gasteiger partial charge >= 0.3 is 0 Å². The Kier molecular flexibility index (Phi) is 4.70. The van der Waals surface area contributed by atoms with E-state index in [1.807, 2.05) is 0 Å². The predicted molar refractivity (Wildman–Crippen MR) is 80.6 cm³/mol. The molecule has 0 bridgehead atoms. The van der Waals surface area contributed by atoms with Gasteiger partial charge in [-0.3, -0.25) is 4.79 Å². The van der Waals surface area contributed by atoms with Crippen LogP contribution in [0.1, 0.15) is 23.7 Å². The van der Waals surface area contributed by atoms with Gasteiger partial charge in [-0.15, -0.1) is 0 Å². The van der Waals surface area contributed by atoms with Crippen LogP contribution < -0.4 is 10.1 Å². The average molecular weight is 352 g/mol. The highest BCUT2D eigenvalue weighted by Crippen LogP contribution is 2.37. The molecule has 1 fully saturated rings. The first-order valence-electron chi connectivity index (χ1n) is 6.34. The summed E-state index contributed by atoms with van der Waals surface area (Å²) in [5.74, 6) is 0.534. The Balaban J connectivity index is 2.33. The molecule has 1 N–H and O–H groups in total. The van der Waals surface area contributed by atoms with Gasteiger partial charge < -0.3 is 10.1 Å². The molecular weight excluding hydrogens is 337 g/mol. The molecule has 0 spiro atoms. The summed E-state index contributed by atoms with van der Waals surface area (Å²) in [4.78, 5) is 11.9. The molecule has 1 aromatic rings. The van der Waals surface area contributed by atoms with Gasteiger partial charge in [0.15, 0.2) is 5.75 Å². The summed E-state index contributed by atoms with van der Waals surface area (Å²) in [5, 5.41) is 2.85. The number of halogens is 2. The van der Waals surface area contributed by atoms with Crippen LogP contribution in [0.3, 0.4) is 0 Å². The van der Waals surface area contributed by atoms with E-state index in [2.05, 4.69) is 12.2 Å². The van der Waals surface area contributed by atoms with Gasteiger partial charge in [-0.25, -0.2) is 8.42 Å². The molecule has 2 atom stereocenters. The largest absolute Gasteiger partial charge is 0.494 e. The maximum absolute atomic E-state index is 12.2.